The first-order valence-corrected chi connectivity index (χ1v) is 14.0. The van der Waals surface area contributed by atoms with Gasteiger partial charge in [-0.2, -0.15) is 0 Å². The van der Waals surface area contributed by atoms with Gasteiger partial charge < -0.3 is 4.57 Å². The van der Waals surface area contributed by atoms with Crippen LogP contribution in [0.1, 0.15) is 0 Å². The van der Waals surface area contributed by atoms with Crippen molar-refractivity contribution < 1.29 is 8.78 Å². The molecule has 3 aromatic heterocycles. The zero-order valence-electron chi connectivity index (χ0n) is 20.8. The van der Waals surface area contributed by atoms with E-state index in [4.69, 9.17) is 4.98 Å². The molecule has 0 aliphatic heterocycles. The Morgan fingerprint density at radius 2 is 1.12 bits per heavy atom. The lowest BCUT2D eigenvalue weighted by Crippen LogP contribution is -1.95. The molecule has 0 spiro atoms. The molecular weight excluding hydrogens is 518 g/mol. The van der Waals surface area contributed by atoms with Crippen LogP contribution in [0.5, 0.6) is 0 Å². The van der Waals surface area contributed by atoms with Gasteiger partial charge in [0.15, 0.2) is 0 Å². The molecule has 0 N–H and O–H groups in total. The SMILES string of the molecule is Fc1cc(F)cc(-c2ccc3cc(-n4c5ccc6ccc7sc8ccc9ccc4c4c9c8c7c6c45)cnc3c2)c1. The number of rotatable bonds is 2. The van der Waals surface area contributed by atoms with E-state index in [0.29, 0.717) is 5.56 Å². The number of halogens is 2. The smallest absolute Gasteiger partial charge is 0.126 e. The highest BCUT2D eigenvalue weighted by Crippen LogP contribution is 2.52. The molecule has 5 heteroatoms. The predicted molar refractivity (Wildman–Crippen MR) is 163 cm³/mol. The summed E-state index contributed by atoms with van der Waals surface area (Å²) in [6.45, 7) is 0. The minimum absolute atomic E-state index is 0.495. The van der Waals surface area contributed by atoms with E-state index in [1.807, 2.05) is 35.7 Å². The quantitative estimate of drug-likeness (QED) is 0.159. The van der Waals surface area contributed by atoms with Crippen molar-refractivity contribution in [2.45, 2.75) is 0 Å². The molecule has 0 radical (unpaired) electrons. The fourth-order valence-electron chi connectivity index (χ4n) is 6.98. The van der Waals surface area contributed by atoms with Gasteiger partial charge in [0.2, 0.25) is 0 Å². The largest absolute Gasteiger partial charge is 0.308 e. The lowest BCUT2D eigenvalue weighted by Gasteiger charge is -2.11. The van der Waals surface area contributed by atoms with Crippen LogP contribution in [0.2, 0.25) is 0 Å². The summed E-state index contributed by atoms with van der Waals surface area (Å²) in [5, 5.41) is 11.6. The summed E-state index contributed by atoms with van der Waals surface area (Å²) in [4.78, 5) is 4.83. The highest BCUT2D eigenvalue weighted by molar-refractivity contribution is 7.26. The van der Waals surface area contributed by atoms with Gasteiger partial charge >= 0.3 is 0 Å². The van der Waals surface area contributed by atoms with Crippen molar-refractivity contribution in [3.05, 3.63) is 109 Å². The topological polar surface area (TPSA) is 17.8 Å². The Bertz CT molecular complexity index is 2490. The highest BCUT2D eigenvalue weighted by Gasteiger charge is 2.25. The number of hydrogen-bond donors (Lipinski definition) is 0. The van der Waals surface area contributed by atoms with E-state index in [1.165, 1.54) is 75.7 Å². The van der Waals surface area contributed by atoms with Crippen molar-refractivity contribution in [3.8, 4) is 16.8 Å². The van der Waals surface area contributed by atoms with Gasteiger partial charge in [0.25, 0.3) is 0 Å². The Balaban J connectivity index is 1.28. The maximum atomic E-state index is 13.9. The third-order valence-electron chi connectivity index (χ3n) is 8.58. The molecule has 186 valence electrons. The third-order valence-corrected chi connectivity index (χ3v) is 9.70. The second-order valence-electron chi connectivity index (χ2n) is 10.7. The van der Waals surface area contributed by atoms with Crippen LogP contribution in [0.4, 0.5) is 8.78 Å². The van der Waals surface area contributed by atoms with Gasteiger partial charge in [0.1, 0.15) is 11.6 Å². The molecule has 0 saturated carbocycles. The summed E-state index contributed by atoms with van der Waals surface area (Å²) in [6, 6.07) is 29.5. The molecule has 0 bridgehead atoms. The van der Waals surface area contributed by atoms with E-state index >= 15 is 0 Å². The van der Waals surface area contributed by atoms with Gasteiger partial charge in [-0.1, -0.05) is 36.4 Å². The average molecular weight is 535 g/mol. The van der Waals surface area contributed by atoms with Gasteiger partial charge in [-0.3, -0.25) is 4.98 Å². The third kappa shape index (κ3) is 2.49. The molecule has 10 aromatic rings. The summed E-state index contributed by atoms with van der Waals surface area (Å²) in [5.74, 6) is -1.18. The van der Waals surface area contributed by atoms with Crippen molar-refractivity contribution in [1.29, 1.82) is 0 Å². The van der Waals surface area contributed by atoms with E-state index < -0.39 is 11.6 Å². The number of thiophene rings is 1. The van der Waals surface area contributed by atoms with Crippen LogP contribution in [0.3, 0.4) is 0 Å². The van der Waals surface area contributed by atoms with Gasteiger partial charge in [-0.25, -0.2) is 8.78 Å². The van der Waals surface area contributed by atoms with Crippen LogP contribution < -0.4 is 0 Å². The van der Waals surface area contributed by atoms with E-state index in [2.05, 4.69) is 59.2 Å². The molecule has 10 rings (SSSR count). The van der Waals surface area contributed by atoms with Crippen LogP contribution in [0.15, 0.2) is 97.2 Å². The normalized spacial score (nSPS) is 12.8. The van der Waals surface area contributed by atoms with Crippen molar-refractivity contribution in [3.63, 3.8) is 0 Å². The molecule has 0 saturated heterocycles. The summed E-state index contributed by atoms with van der Waals surface area (Å²) < 4.78 is 32.7. The zero-order valence-corrected chi connectivity index (χ0v) is 21.6. The molecule has 40 heavy (non-hydrogen) atoms. The van der Waals surface area contributed by atoms with Gasteiger partial charge in [-0.15, -0.1) is 11.3 Å². The molecule has 0 fully saturated rings. The van der Waals surface area contributed by atoms with Crippen molar-refractivity contribution >= 4 is 85.8 Å². The standard InChI is InChI=1S/C35H16F2N2S/c36-22-11-21(12-23(37)15-22)19-1-2-20-13-24(16-38-25(20)14-19)39-26-7-3-17-5-9-28-34-30(17)32(26)33-27(39)8-4-18-6-10-29(40-28)35(34)31(18)33/h1-16H. The Kier molecular flexibility index (Phi) is 3.68. The molecular formula is C35H16F2N2S. The van der Waals surface area contributed by atoms with E-state index in [9.17, 15) is 8.78 Å². The molecule has 3 heterocycles. The van der Waals surface area contributed by atoms with Gasteiger partial charge in [-0.05, 0) is 70.4 Å². The molecule has 0 aliphatic carbocycles. The van der Waals surface area contributed by atoms with Crippen molar-refractivity contribution in [2.75, 3.05) is 0 Å². The van der Waals surface area contributed by atoms with Crippen LogP contribution in [0.25, 0.3) is 91.2 Å². The molecule has 0 unspecified atom stereocenters. The number of aromatic nitrogens is 2. The van der Waals surface area contributed by atoms with Crippen LogP contribution in [-0.2, 0) is 0 Å². The van der Waals surface area contributed by atoms with Gasteiger partial charge in [0.05, 0.1) is 28.4 Å². The summed E-state index contributed by atoms with van der Waals surface area (Å²) >= 11 is 1.88. The van der Waals surface area contributed by atoms with Gasteiger partial charge in [0, 0.05) is 53.2 Å². The summed E-state index contributed by atoms with van der Waals surface area (Å²) in [6.07, 6.45) is 1.90. The lowest BCUT2D eigenvalue weighted by atomic mass is 9.90. The zero-order chi connectivity index (χ0) is 26.3. The van der Waals surface area contributed by atoms with Crippen LogP contribution in [-0.4, -0.2) is 9.55 Å². The fourth-order valence-corrected chi connectivity index (χ4v) is 8.10. The molecule has 0 atom stereocenters. The second kappa shape index (κ2) is 7.00. The fraction of sp³-hybridized carbons (Fsp3) is 0. The second-order valence-corrected chi connectivity index (χ2v) is 11.8. The van der Waals surface area contributed by atoms with Crippen LogP contribution >= 0.6 is 11.3 Å². The maximum absolute atomic E-state index is 13.9. The minimum Gasteiger partial charge on any atom is -0.308 e. The summed E-state index contributed by atoms with van der Waals surface area (Å²) in [5.41, 5.74) is 5.33. The lowest BCUT2D eigenvalue weighted by molar-refractivity contribution is 0.584. The highest BCUT2D eigenvalue weighted by atomic mass is 32.1. The van der Waals surface area contributed by atoms with Crippen molar-refractivity contribution in [2.24, 2.45) is 0 Å². The number of fused-ring (bicyclic) bond motifs is 1. The monoisotopic (exact) mass is 534 g/mol. The average Bonchev–Trinajstić information content (AvgIpc) is 3.52. The van der Waals surface area contributed by atoms with E-state index in [0.717, 1.165) is 28.2 Å². The maximum Gasteiger partial charge on any atom is 0.126 e. The van der Waals surface area contributed by atoms with Crippen LogP contribution in [0, 0.1) is 11.6 Å². The number of benzene rings is 7. The van der Waals surface area contributed by atoms with E-state index in [1.54, 1.807) is 0 Å². The first kappa shape index (κ1) is 21.0. The Hall–Kier alpha value is -4.87. The Morgan fingerprint density at radius 1 is 0.525 bits per heavy atom. The first-order valence-electron chi connectivity index (χ1n) is 13.2. The molecule has 2 nitrogen and oxygen atoms in total. The Morgan fingerprint density at radius 3 is 1.77 bits per heavy atom. The molecule has 0 aliphatic rings. The molecule has 0 amide bonds. The number of hydrogen-bond acceptors (Lipinski definition) is 2. The molecule has 7 aromatic carbocycles. The Labute approximate surface area is 229 Å². The summed E-state index contributed by atoms with van der Waals surface area (Å²) in [7, 11) is 0. The first-order chi connectivity index (χ1) is 19.6. The van der Waals surface area contributed by atoms with Crippen molar-refractivity contribution in [1.82, 2.24) is 9.55 Å². The number of pyridine rings is 1. The minimum atomic E-state index is -0.592. The predicted octanol–water partition coefficient (Wildman–Crippen LogP) is 10.3. The van der Waals surface area contributed by atoms with E-state index in [-0.39, 0.29) is 0 Å². The number of nitrogens with zero attached hydrogens (tertiary/aromatic N) is 2.